The van der Waals surface area contributed by atoms with Crippen molar-refractivity contribution in [3.63, 3.8) is 0 Å². The Morgan fingerprint density at radius 1 is 1.47 bits per heavy atom. The molecule has 0 saturated carbocycles. The summed E-state index contributed by atoms with van der Waals surface area (Å²) in [5, 5.41) is 0. The van der Waals surface area contributed by atoms with E-state index in [1.807, 2.05) is 38.1 Å². The zero-order valence-electron chi connectivity index (χ0n) is 9.28. The number of rotatable bonds is 4. The van der Waals surface area contributed by atoms with Crippen LogP contribution in [-0.2, 0) is 0 Å². The van der Waals surface area contributed by atoms with E-state index < -0.39 is 5.91 Å². The van der Waals surface area contributed by atoms with Crippen molar-refractivity contribution in [2.45, 2.75) is 6.92 Å². The van der Waals surface area contributed by atoms with Crippen molar-refractivity contribution < 1.29 is 9.53 Å². The predicted molar refractivity (Wildman–Crippen MR) is 60.5 cm³/mol. The first-order valence-electron chi connectivity index (χ1n) is 4.80. The highest BCUT2D eigenvalue weighted by Crippen LogP contribution is 2.24. The Balaban J connectivity index is 3.14. The van der Waals surface area contributed by atoms with Crippen LogP contribution in [-0.4, -0.2) is 26.6 Å². The van der Waals surface area contributed by atoms with E-state index in [9.17, 15) is 4.79 Å². The summed E-state index contributed by atoms with van der Waals surface area (Å²) in [6, 6.07) is 5.33. The molecule has 0 spiro atoms. The fourth-order valence-corrected chi connectivity index (χ4v) is 1.27. The van der Waals surface area contributed by atoms with E-state index in [1.165, 1.54) is 0 Å². The van der Waals surface area contributed by atoms with Gasteiger partial charge in [-0.1, -0.05) is 0 Å². The SMILES string of the molecule is CCOc1cc(N(C)C)ccc1C(N)=O. The van der Waals surface area contributed by atoms with Crippen molar-refractivity contribution >= 4 is 11.6 Å². The molecule has 0 aliphatic carbocycles. The summed E-state index contributed by atoms with van der Waals surface area (Å²) in [5.74, 6) is 0.0694. The maximum absolute atomic E-state index is 11.1. The number of ether oxygens (including phenoxy) is 1. The predicted octanol–water partition coefficient (Wildman–Crippen LogP) is 1.25. The van der Waals surface area contributed by atoms with Gasteiger partial charge in [0.1, 0.15) is 5.75 Å². The van der Waals surface area contributed by atoms with E-state index in [0.717, 1.165) is 5.69 Å². The van der Waals surface area contributed by atoms with Crippen molar-refractivity contribution in [1.82, 2.24) is 0 Å². The molecule has 1 amide bonds. The number of amides is 1. The average Bonchev–Trinajstić information content (AvgIpc) is 2.17. The van der Waals surface area contributed by atoms with Crippen LogP contribution in [0.15, 0.2) is 18.2 Å². The van der Waals surface area contributed by atoms with Crippen molar-refractivity contribution in [2.24, 2.45) is 5.73 Å². The molecule has 2 N–H and O–H groups in total. The van der Waals surface area contributed by atoms with E-state index in [-0.39, 0.29) is 0 Å². The van der Waals surface area contributed by atoms with E-state index in [0.29, 0.717) is 17.9 Å². The molecule has 0 aliphatic heterocycles. The number of anilines is 1. The fourth-order valence-electron chi connectivity index (χ4n) is 1.27. The molecule has 0 saturated heterocycles. The molecule has 0 bridgehead atoms. The second-order valence-corrected chi connectivity index (χ2v) is 3.37. The molecule has 0 atom stereocenters. The number of benzene rings is 1. The van der Waals surface area contributed by atoms with Crippen molar-refractivity contribution in [3.8, 4) is 5.75 Å². The third-order valence-electron chi connectivity index (χ3n) is 2.05. The Bertz CT molecular complexity index is 362. The standard InChI is InChI=1S/C11H16N2O2/c1-4-15-10-7-8(13(2)3)5-6-9(10)11(12)14/h5-7H,4H2,1-3H3,(H2,12,14). The Morgan fingerprint density at radius 3 is 2.60 bits per heavy atom. The zero-order valence-corrected chi connectivity index (χ0v) is 9.28. The minimum Gasteiger partial charge on any atom is -0.493 e. The summed E-state index contributed by atoms with van der Waals surface area (Å²) in [6.07, 6.45) is 0. The van der Waals surface area contributed by atoms with E-state index in [1.54, 1.807) is 6.07 Å². The third kappa shape index (κ3) is 2.62. The minimum absolute atomic E-state index is 0.419. The number of carbonyl (C=O) groups is 1. The monoisotopic (exact) mass is 208 g/mol. The van der Waals surface area contributed by atoms with Gasteiger partial charge in [-0.15, -0.1) is 0 Å². The third-order valence-corrected chi connectivity index (χ3v) is 2.05. The van der Waals surface area contributed by atoms with Gasteiger partial charge in [0.25, 0.3) is 5.91 Å². The second-order valence-electron chi connectivity index (χ2n) is 3.37. The topological polar surface area (TPSA) is 55.6 Å². The van der Waals surface area contributed by atoms with Crippen LogP contribution in [0, 0.1) is 0 Å². The smallest absolute Gasteiger partial charge is 0.252 e. The van der Waals surface area contributed by atoms with E-state index in [4.69, 9.17) is 10.5 Å². The molecule has 82 valence electrons. The maximum atomic E-state index is 11.1. The number of nitrogens with zero attached hydrogens (tertiary/aromatic N) is 1. The van der Waals surface area contributed by atoms with Gasteiger partial charge in [-0.25, -0.2) is 0 Å². The summed E-state index contributed by atoms with van der Waals surface area (Å²) in [5.41, 5.74) is 6.63. The molecule has 0 aliphatic rings. The van der Waals surface area contributed by atoms with Gasteiger partial charge in [0.15, 0.2) is 0 Å². The van der Waals surface area contributed by atoms with Gasteiger partial charge in [-0.3, -0.25) is 4.79 Å². The molecule has 4 nitrogen and oxygen atoms in total. The highest BCUT2D eigenvalue weighted by molar-refractivity contribution is 5.96. The van der Waals surface area contributed by atoms with Crippen molar-refractivity contribution in [1.29, 1.82) is 0 Å². The van der Waals surface area contributed by atoms with Gasteiger partial charge in [0.2, 0.25) is 0 Å². The molecule has 15 heavy (non-hydrogen) atoms. The lowest BCUT2D eigenvalue weighted by molar-refractivity contribution is 0.0996. The Hall–Kier alpha value is -1.71. The summed E-state index contributed by atoms with van der Waals surface area (Å²) in [6.45, 7) is 2.38. The van der Waals surface area contributed by atoms with Crippen LogP contribution in [0.1, 0.15) is 17.3 Å². The van der Waals surface area contributed by atoms with Gasteiger partial charge >= 0.3 is 0 Å². The van der Waals surface area contributed by atoms with Crippen molar-refractivity contribution in [2.75, 3.05) is 25.6 Å². The highest BCUT2D eigenvalue weighted by Gasteiger charge is 2.10. The Labute approximate surface area is 89.6 Å². The fraction of sp³-hybridized carbons (Fsp3) is 0.364. The molecular formula is C11H16N2O2. The summed E-state index contributed by atoms with van der Waals surface area (Å²) < 4.78 is 5.36. The maximum Gasteiger partial charge on any atom is 0.252 e. The van der Waals surface area contributed by atoms with Crippen LogP contribution < -0.4 is 15.4 Å². The molecule has 1 aromatic rings. The molecule has 0 heterocycles. The van der Waals surface area contributed by atoms with Crippen LogP contribution in [0.5, 0.6) is 5.75 Å². The minimum atomic E-state index is -0.469. The normalized spacial score (nSPS) is 9.80. The molecule has 0 aromatic heterocycles. The first-order valence-corrected chi connectivity index (χ1v) is 4.80. The molecule has 4 heteroatoms. The average molecular weight is 208 g/mol. The molecule has 1 rings (SSSR count). The lowest BCUT2D eigenvalue weighted by Crippen LogP contribution is -2.14. The number of carbonyl (C=O) groups excluding carboxylic acids is 1. The Morgan fingerprint density at radius 2 is 2.13 bits per heavy atom. The van der Waals surface area contributed by atoms with E-state index >= 15 is 0 Å². The van der Waals surface area contributed by atoms with Crippen molar-refractivity contribution in [3.05, 3.63) is 23.8 Å². The largest absolute Gasteiger partial charge is 0.493 e. The number of hydrogen-bond acceptors (Lipinski definition) is 3. The number of hydrogen-bond donors (Lipinski definition) is 1. The quantitative estimate of drug-likeness (QED) is 0.810. The molecule has 0 unspecified atom stereocenters. The highest BCUT2D eigenvalue weighted by atomic mass is 16.5. The summed E-state index contributed by atoms with van der Waals surface area (Å²) in [4.78, 5) is 13.0. The van der Waals surface area contributed by atoms with Crippen LogP contribution in [0.25, 0.3) is 0 Å². The van der Waals surface area contributed by atoms with Gasteiger partial charge in [-0.2, -0.15) is 0 Å². The first-order chi connectivity index (χ1) is 7.06. The number of primary amides is 1. The molecule has 0 fully saturated rings. The van der Waals surface area contributed by atoms with Crippen LogP contribution in [0.3, 0.4) is 0 Å². The first kappa shape index (κ1) is 11.4. The lowest BCUT2D eigenvalue weighted by atomic mass is 10.1. The van der Waals surface area contributed by atoms with E-state index in [2.05, 4.69) is 0 Å². The molecular weight excluding hydrogens is 192 g/mol. The Kier molecular flexibility index (Phi) is 3.55. The second kappa shape index (κ2) is 4.68. The van der Waals surface area contributed by atoms with Gasteiger partial charge < -0.3 is 15.4 Å². The lowest BCUT2D eigenvalue weighted by Gasteiger charge is -2.15. The van der Waals surface area contributed by atoms with Gasteiger partial charge in [0, 0.05) is 25.8 Å². The summed E-state index contributed by atoms with van der Waals surface area (Å²) in [7, 11) is 3.85. The van der Waals surface area contributed by atoms with Crippen LogP contribution in [0.2, 0.25) is 0 Å². The molecule has 1 aromatic carbocycles. The number of nitrogens with two attached hydrogens (primary N) is 1. The molecule has 0 radical (unpaired) electrons. The van der Waals surface area contributed by atoms with Gasteiger partial charge in [-0.05, 0) is 19.1 Å². The zero-order chi connectivity index (χ0) is 11.4. The van der Waals surface area contributed by atoms with Gasteiger partial charge in [0.05, 0.1) is 12.2 Å². The van der Waals surface area contributed by atoms with Crippen LogP contribution >= 0.6 is 0 Å². The summed E-state index contributed by atoms with van der Waals surface area (Å²) >= 11 is 0. The van der Waals surface area contributed by atoms with Crippen LogP contribution in [0.4, 0.5) is 5.69 Å².